The number of hydrogen-bond donors (Lipinski definition) is 0. The summed E-state index contributed by atoms with van der Waals surface area (Å²) < 4.78 is 51.8. The van der Waals surface area contributed by atoms with Crippen molar-refractivity contribution in [2.75, 3.05) is 0 Å². The monoisotopic (exact) mass is 358 g/mol. The molecule has 3 aromatic rings. The molecule has 1 heterocycles. The molecular formula is C17H12NO4S2-. The Balaban J connectivity index is 2.18. The van der Waals surface area contributed by atoms with Crippen LogP contribution in [-0.4, -0.2) is 16.8 Å². The molecule has 0 saturated heterocycles. The lowest BCUT2D eigenvalue weighted by Crippen LogP contribution is -1.96. The van der Waals surface area contributed by atoms with Gasteiger partial charge in [0.25, 0.3) is 0 Å². The van der Waals surface area contributed by atoms with Crippen LogP contribution in [0.3, 0.4) is 0 Å². The van der Waals surface area contributed by atoms with Gasteiger partial charge in [0.2, 0.25) is 0 Å². The molecule has 1 aliphatic rings. The Bertz CT molecular complexity index is 1210. The van der Waals surface area contributed by atoms with E-state index in [0.717, 1.165) is 16.3 Å². The highest BCUT2D eigenvalue weighted by atomic mass is 32.3. The minimum absolute atomic E-state index is 0.235. The van der Waals surface area contributed by atoms with Crippen molar-refractivity contribution in [1.82, 2.24) is 0 Å². The quantitative estimate of drug-likeness (QED) is 0.666. The Morgan fingerprint density at radius 1 is 0.750 bits per heavy atom. The van der Waals surface area contributed by atoms with E-state index < -0.39 is 20.0 Å². The molecule has 0 aliphatic carbocycles. The minimum Gasteiger partial charge on any atom is -0.427 e. The third-order valence-corrected chi connectivity index (χ3v) is 7.67. The zero-order valence-corrected chi connectivity index (χ0v) is 14.2. The molecule has 3 aromatic carbocycles. The lowest BCUT2D eigenvalue weighted by Gasteiger charge is -2.14. The Morgan fingerprint density at radius 2 is 1.38 bits per heavy atom. The van der Waals surface area contributed by atoms with Gasteiger partial charge in [0.05, 0.1) is 9.79 Å². The van der Waals surface area contributed by atoms with Gasteiger partial charge in [0.1, 0.15) is 20.0 Å². The highest BCUT2D eigenvalue weighted by Gasteiger charge is 2.31. The molecule has 0 unspecified atom stereocenters. The van der Waals surface area contributed by atoms with Crippen LogP contribution >= 0.6 is 0 Å². The summed E-state index contributed by atoms with van der Waals surface area (Å²) in [5.74, 6) is 0. The molecular weight excluding hydrogens is 346 g/mol. The number of benzene rings is 3. The molecule has 0 bridgehead atoms. The van der Waals surface area contributed by atoms with E-state index in [9.17, 15) is 16.8 Å². The summed E-state index contributed by atoms with van der Waals surface area (Å²) in [7, 11) is -8.41. The predicted molar refractivity (Wildman–Crippen MR) is 91.9 cm³/mol. The Morgan fingerprint density at radius 3 is 2.12 bits per heavy atom. The zero-order chi connectivity index (χ0) is 17.1. The van der Waals surface area contributed by atoms with Gasteiger partial charge in [0, 0.05) is 5.56 Å². The van der Waals surface area contributed by atoms with E-state index in [1.807, 2.05) is 37.3 Å². The normalized spacial score (nSPS) is 17.7. The van der Waals surface area contributed by atoms with Crippen LogP contribution in [0.2, 0.25) is 0 Å². The molecule has 0 amide bonds. The number of sulfonamides is 2. The van der Waals surface area contributed by atoms with Crippen LogP contribution in [0.5, 0.6) is 0 Å². The fourth-order valence-electron chi connectivity index (χ4n) is 3.16. The van der Waals surface area contributed by atoms with Gasteiger partial charge in [-0.05, 0) is 34.9 Å². The van der Waals surface area contributed by atoms with Gasteiger partial charge in [-0.2, -0.15) is 0 Å². The maximum atomic E-state index is 12.3. The van der Waals surface area contributed by atoms with Crippen molar-refractivity contribution in [3.8, 4) is 11.1 Å². The molecule has 0 fully saturated rings. The van der Waals surface area contributed by atoms with E-state index in [0.29, 0.717) is 11.1 Å². The van der Waals surface area contributed by atoms with Crippen LogP contribution in [-0.2, 0) is 20.0 Å². The zero-order valence-electron chi connectivity index (χ0n) is 12.6. The van der Waals surface area contributed by atoms with E-state index in [1.165, 1.54) is 6.07 Å². The van der Waals surface area contributed by atoms with Gasteiger partial charge >= 0.3 is 0 Å². The molecule has 0 saturated carbocycles. The van der Waals surface area contributed by atoms with E-state index in [1.54, 1.807) is 18.2 Å². The topological polar surface area (TPSA) is 82.4 Å². The molecule has 24 heavy (non-hydrogen) atoms. The molecule has 0 N–H and O–H groups in total. The van der Waals surface area contributed by atoms with Gasteiger partial charge in [0.15, 0.2) is 0 Å². The fraction of sp³-hybridized carbons (Fsp3) is 0.0588. The van der Waals surface area contributed by atoms with Crippen LogP contribution in [0, 0.1) is 6.92 Å². The van der Waals surface area contributed by atoms with E-state index in [2.05, 4.69) is 4.13 Å². The summed E-state index contributed by atoms with van der Waals surface area (Å²) in [5, 5.41) is 1.85. The van der Waals surface area contributed by atoms with Crippen LogP contribution in [0.25, 0.3) is 26.0 Å². The third-order valence-electron chi connectivity index (χ3n) is 4.11. The Kier molecular flexibility index (Phi) is 3.12. The van der Waals surface area contributed by atoms with Crippen LogP contribution < -0.4 is 0 Å². The second kappa shape index (κ2) is 4.89. The van der Waals surface area contributed by atoms with Crippen LogP contribution in [0.1, 0.15) is 5.56 Å². The van der Waals surface area contributed by atoms with Crippen molar-refractivity contribution in [1.29, 1.82) is 0 Å². The van der Waals surface area contributed by atoms with E-state index in [4.69, 9.17) is 0 Å². The highest BCUT2D eigenvalue weighted by Crippen LogP contribution is 2.45. The van der Waals surface area contributed by atoms with E-state index in [-0.39, 0.29) is 9.79 Å². The van der Waals surface area contributed by atoms with Crippen molar-refractivity contribution in [2.24, 2.45) is 0 Å². The summed E-state index contributed by atoms with van der Waals surface area (Å²) >= 11 is 0. The molecule has 122 valence electrons. The Hall–Kier alpha value is -2.22. The molecule has 0 atom stereocenters. The molecule has 0 aromatic heterocycles. The second-order valence-corrected chi connectivity index (χ2v) is 8.98. The largest absolute Gasteiger partial charge is 0.427 e. The van der Waals surface area contributed by atoms with Crippen LogP contribution in [0.15, 0.2) is 64.4 Å². The minimum atomic E-state index is -4.24. The smallest absolute Gasteiger partial charge is 0.114 e. The van der Waals surface area contributed by atoms with Gasteiger partial charge < -0.3 is 4.13 Å². The average molecular weight is 358 g/mol. The maximum absolute atomic E-state index is 12.3. The highest BCUT2D eigenvalue weighted by molar-refractivity contribution is 8.14. The summed E-state index contributed by atoms with van der Waals surface area (Å²) in [5.41, 5.74) is 2.02. The van der Waals surface area contributed by atoms with Crippen molar-refractivity contribution in [2.45, 2.75) is 16.7 Å². The molecule has 5 nitrogen and oxygen atoms in total. The molecule has 1 aliphatic heterocycles. The summed E-state index contributed by atoms with van der Waals surface area (Å²) in [6.45, 7) is 1.94. The first-order chi connectivity index (χ1) is 11.3. The SMILES string of the molecule is Cc1cccc2cccc(-c3cccc4c3S(=O)(=O)[N-]S4(=O)=O)c12. The molecule has 4 rings (SSSR count). The van der Waals surface area contributed by atoms with Gasteiger partial charge in [-0.25, -0.2) is 16.8 Å². The van der Waals surface area contributed by atoms with Gasteiger partial charge in [-0.15, -0.1) is 0 Å². The first kappa shape index (κ1) is 15.3. The second-order valence-electron chi connectivity index (χ2n) is 5.64. The maximum Gasteiger partial charge on any atom is 0.114 e. The summed E-state index contributed by atoms with van der Waals surface area (Å²) in [6.07, 6.45) is 0. The number of nitrogens with zero attached hydrogens (tertiary/aromatic N) is 1. The predicted octanol–water partition coefficient (Wildman–Crippen LogP) is 3.58. The van der Waals surface area contributed by atoms with Crippen molar-refractivity contribution in [3.05, 3.63) is 64.3 Å². The number of fused-ring (bicyclic) bond motifs is 2. The molecule has 7 heteroatoms. The average Bonchev–Trinajstić information content (AvgIpc) is 2.72. The first-order valence-electron chi connectivity index (χ1n) is 7.17. The fourth-order valence-corrected chi connectivity index (χ4v) is 6.81. The van der Waals surface area contributed by atoms with Crippen molar-refractivity contribution in [3.63, 3.8) is 0 Å². The first-order valence-corrected chi connectivity index (χ1v) is 10.1. The van der Waals surface area contributed by atoms with Crippen LogP contribution in [0.4, 0.5) is 0 Å². The van der Waals surface area contributed by atoms with Gasteiger partial charge in [-0.1, -0.05) is 48.5 Å². The number of aryl methyl sites for hydroxylation is 1. The summed E-state index contributed by atoms with van der Waals surface area (Å²) in [4.78, 5) is -0.494. The summed E-state index contributed by atoms with van der Waals surface area (Å²) in [6, 6.07) is 15.8. The van der Waals surface area contributed by atoms with Crippen molar-refractivity contribution >= 4 is 30.8 Å². The van der Waals surface area contributed by atoms with Crippen molar-refractivity contribution < 1.29 is 16.8 Å². The lowest BCUT2D eigenvalue weighted by molar-refractivity contribution is 0.603. The van der Waals surface area contributed by atoms with E-state index >= 15 is 0 Å². The Labute approximate surface area is 140 Å². The number of rotatable bonds is 1. The van der Waals surface area contributed by atoms with Gasteiger partial charge in [-0.3, -0.25) is 0 Å². The third kappa shape index (κ3) is 2.09. The lowest BCUT2D eigenvalue weighted by atomic mass is 9.95. The molecule has 0 radical (unpaired) electrons. The standard InChI is InChI=1S/C17H12NO4S2/c1-11-5-2-6-12-7-3-8-13(16(11)12)14-9-4-10-15-17(14)24(21,22)18-23(15,19)20/h2-10H,1H3/q-1. The number of hydrogen-bond acceptors (Lipinski definition) is 4. The molecule has 0 spiro atoms.